The number of carbonyl (C=O) groups excluding carboxylic acids is 2. The molecule has 0 radical (unpaired) electrons. The van der Waals surface area contributed by atoms with Gasteiger partial charge in [-0.15, -0.1) is 22.7 Å². The number of nitrogens with zero attached hydrogens (tertiary/aromatic N) is 6. The van der Waals surface area contributed by atoms with Gasteiger partial charge in [0.15, 0.2) is 0 Å². The monoisotopic (exact) mass is 552 g/mol. The first-order valence-corrected chi connectivity index (χ1v) is 11.8. The third-order valence-electron chi connectivity index (χ3n) is 4.09. The summed E-state index contributed by atoms with van der Waals surface area (Å²) in [5.41, 5.74) is 1.60. The van der Waals surface area contributed by atoms with Crippen molar-refractivity contribution in [2.45, 2.75) is 13.8 Å². The summed E-state index contributed by atoms with van der Waals surface area (Å²) in [4.78, 5) is 50.9. The van der Waals surface area contributed by atoms with E-state index < -0.39 is 11.9 Å². The van der Waals surface area contributed by atoms with Crippen molar-refractivity contribution in [2.75, 3.05) is 13.2 Å². The molecule has 10 nitrogen and oxygen atoms in total. The second kappa shape index (κ2) is 12.3. The number of esters is 2. The molecule has 0 N–H and O–H groups in total. The zero-order chi connectivity index (χ0) is 23.9. The van der Waals surface area contributed by atoms with E-state index in [1.165, 1.54) is 12.4 Å². The van der Waals surface area contributed by atoms with Gasteiger partial charge in [0, 0.05) is 4.80 Å². The maximum Gasteiger partial charge on any atom is 2.00 e. The van der Waals surface area contributed by atoms with Crippen LogP contribution in [0, 0.1) is 0 Å². The number of rotatable bonds is 7. The van der Waals surface area contributed by atoms with Gasteiger partial charge in [0.05, 0.1) is 30.9 Å². The molecule has 182 valence electrons. The SMILES string of the molecule is CCOC(=O)c1cnc(/N=c2/cccc(-c3cccc(/N=c4\[n-]cc(C(=O)OCC)s4)n3)[n-]2)s1.[Ni+2]. The second-order valence-corrected chi connectivity index (χ2v) is 8.46. The average molecular weight is 553 g/mol. The van der Waals surface area contributed by atoms with Crippen molar-refractivity contribution in [3.63, 3.8) is 0 Å². The summed E-state index contributed by atoms with van der Waals surface area (Å²) in [6, 6.07) is 10.7. The predicted molar refractivity (Wildman–Crippen MR) is 125 cm³/mol. The summed E-state index contributed by atoms with van der Waals surface area (Å²) in [6.45, 7) is 4.07. The van der Waals surface area contributed by atoms with E-state index in [0.717, 1.165) is 22.7 Å². The van der Waals surface area contributed by atoms with E-state index in [-0.39, 0.29) is 16.5 Å². The molecular weight excluding hydrogens is 535 g/mol. The first kappa shape index (κ1) is 26.2. The zero-order valence-electron chi connectivity index (χ0n) is 18.5. The number of thiazole rings is 2. The van der Waals surface area contributed by atoms with Crippen molar-refractivity contribution in [1.29, 1.82) is 0 Å². The Hall–Kier alpha value is -3.41. The van der Waals surface area contributed by atoms with Gasteiger partial charge >= 0.3 is 28.4 Å². The van der Waals surface area contributed by atoms with Crippen molar-refractivity contribution >= 4 is 45.6 Å². The van der Waals surface area contributed by atoms with Gasteiger partial charge in [-0.2, -0.15) is 0 Å². The molecule has 0 aromatic carbocycles. The Morgan fingerprint density at radius 1 is 0.971 bits per heavy atom. The smallest absolute Gasteiger partial charge is 0.462 e. The molecule has 0 aliphatic rings. The van der Waals surface area contributed by atoms with Gasteiger partial charge in [-0.3, -0.25) is 4.98 Å². The molecule has 0 saturated carbocycles. The Morgan fingerprint density at radius 3 is 2.49 bits per heavy atom. The molecule has 4 aromatic heterocycles. The molecule has 0 spiro atoms. The minimum Gasteiger partial charge on any atom is -0.462 e. The molecule has 4 aromatic rings. The topological polar surface area (TPSA) is 131 Å². The van der Waals surface area contributed by atoms with Gasteiger partial charge in [0.25, 0.3) is 0 Å². The van der Waals surface area contributed by atoms with Crippen LogP contribution in [0.15, 0.2) is 58.8 Å². The summed E-state index contributed by atoms with van der Waals surface area (Å²) in [5.74, 6) is -0.435. The van der Waals surface area contributed by atoms with E-state index >= 15 is 0 Å². The molecule has 4 rings (SSSR count). The number of ether oxygens (including phenoxy) is 2. The van der Waals surface area contributed by atoms with E-state index in [1.54, 1.807) is 50.2 Å². The normalized spacial score (nSPS) is 11.7. The Labute approximate surface area is 217 Å². The minimum absolute atomic E-state index is 0. The van der Waals surface area contributed by atoms with Gasteiger partial charge < -0.3 is 29.4 Å². The summed E-state index contributed by atoms with van der Waals surface area (Å²) in [6.07, 6.45) is 2.87. The fourth-order valence-electron chi connectivity index (χ4n) is 2.68. The van der Waals surface area contributed by atoms with Gasteiger partial charge in [-0.1, -0.05) is 36.0 Å². The van der Waals surface area contributed by atoms with Crippen molar-refractivity contribution in [3.8, 4) is 11.4 Å². The van der Waals surface area contributed by atoms with E-state index in [4.69, 9.17) is 9.47 Å². The zero-order valence-corrected chi connectivity index (χ0v) is 21.1. The Balaban J connectivity index is 0.00000342. The maximum absolute atomic E-state index is 11.8. The molecule has 13 heteroatoms. The van der Waals surface area contributed by atoms with E-state index in [0.29, 0.717) is 55.6 Å². The molecular formula is C22H18N6NiO4S2. The first-order valence-electron chi connectivity index (χ1n) is 10.2. The third-order valence-corrected chi connectivity index (χ3v) is 5.83. The molecule has 0 atom stereocenters. The van der Waals surface area contributed by atoms with Crippen LogP contribution in [-0.4, -0.2) is 35.1 Å². The average Bonchev–Trinajstić information content (AvgIpc) is 3.50. The van der Waals surface area contributed by atoms with Crippen LogP contribution in [0.25, 0.3) is 11.4 Å². The van der Waals surface area contributed by atoms with Gasteiger partial charge in [-0.25, -0.2) is 14.6 Å². The van der Waals surface area contributed by atoms with Gasteiger partial charge in [0.1, 0.15) is 14.9 Å². The standard InChI is InChI=1S/C22H20N6O4S2.Ni/c1-3-31-19(29)15-11-23-21(33-15)27-17-9-5-7-13(25-17)14-8-6-10-18(26-14)28-22-24-12-16(34-22)20(30)32-4-2;/h5-12H,3-4H2,1-2H3,(H2,23,24,25,26,27,28,29,30);/q;+2/p-2. The second-order valence-electron chi connectivity index (χ2n) is 6.44. The maximum atomic E-state index is 11.8. The van der Waals surface area contributed by atoms with Gasteiger partial charge in [-0.05, 0) is 31.7 Å². The number of carbonyl (C=O) groups is 2. The van der Waals surface area contributed by atoms with Crippen molar-refractivity contribution in [1.82, 2.24) is 19.9 Å². The molecule has 0 unspecified atom stereocenters. The van der Waals surface area contributed by atoms with Crippen LogP contribution in [-0.2, 0) is 26.0 Å². The fourth-order valence-corrected chi connectivity index (χ4v) is 4.06. The van der Waals surface area contributed by atoms with E-state index in [9.17, 15) is 9.59 Å². The van der Waals surface area contributed by atoms with Crippen molar-refractivity contribution in [2.24, 2.45) is 9.98 Å². The predicted octanol–water partition coefficient (Wildman–Crippen LogP) is 3.00. The summed E-state index contributed by atoms with van der Waals surface area (Å²) >= 11 is 2.25. The Bertz CT molecular complexity index is 1460. The van der Waals surface area contributed by atoms with Crippen LogP contribution >= 0.6 is 22.7 Å². The van der Waals surface area contributed by atoms with Crippen molar-refractivity contribution < 1.29 is 35.6 Å². The summed E-state index contributed by atoms with van der Waals surface area (Å²) in [7, 11) is 0. The van der Waals surface area contributed by atoms with Crippen LogP contribution in [0.5, 0.6) is 0 Å². The van der Waals surface area contributed by atoms with Crippen molar-refractivity contribution in [3.05, 3.63) is 68.8 Å². The molecule has 35 heavy (non-hydrogen) atoms. The molecule has 0 amide bonds. The quantitative estimate of drug-likeness (QED) is 0.252. The van der Waals surface area contributed by atoms with Crippen LogP contribution in [0.4, 0.5) is 10.9 Å². The first-order chi connectivity index (χ1) is 16.6. The largest absolute Gasteiger partial charge is 2.00 e. The number of hydrogen-bond donors (Lipinski definition) is 0. The van der Waals surface area contributed by atoms with E-state index in [1.807, 2.05) is 0 Å². The van der Waals surface area contributed by atoms with Crippen LogP contribution in [0.1, 0.15) is 33.2 Å². The number of pyridine rings is 2. The number of aromatic nitrogens is 4. The van der Waals surface area contributed by atoms with Gasteiger partial charge in [0.2, 0.25) is 0 Å². The minimum atomic E-state index is -0.428. The molecule has 0 bridgehead atoms. The molecule has 0 fully saturated rings. The molecule has 0 saturated heterocycles. The summed E-state index contributed by atoms with van der Waals surface area (Å²) in [5, 5.41) is 0.394. The van der Waals surface area contributed by atoms with Crippen LogP contribution in [0.2, 0.25) is 0 Å². The number of hydrogen-bond acceptors (Lipinski definition) is 10. The fraction of sp³-hybridized carbons (Fsp3) is 0.182. The van der Waals surface area contributed by atoms with E-state index in [2.05, 4.69) is 29.9 Å². The Kier molecular flexibility index (Phi) is 9.24. The van der Waals surface area contributed by atoms with Crippen LogP contribution < -0.4 is 20.3 Å². The summed E-state index contributed by atoms with van der Waals surface area (Å²) < 4.78 is 9.95. The molecule has 0 aliphatic carbocycles. The molecule has 4 heterocycles. The third kappa shape index (κ3) is 6.81. The van der Waals surface area contributed by atoms with Crippen LogP contribution in [0.3, 0.4) is 0 Å². The Morgan fingerprint density at radius 2 is 1.71 bits per heavy atom. The molecule has 0 aliphatic heterocycles.